The second-order valence-corrected chi connectivity index (χ2v) is 6.35. The van der Waals surface area contributed by atoms with Crippen LogP contribution >= 0.6 is 11.6 Å². The lowest BCUT2D eigenvalue weighted by Gasteiger charge is -2.12. The number of hydrogen-bond donors (Lipinski definition) is 2. The van der Waals surface area contributed by atoms with Crippen LogP contribution in [0.5, 0.6) is 0 Å². The van der Waals surface area contributed by atoms with Crippen molar-refractivity contribution >= 4 is 35.0 Å². The molecule has 0 saturated heterocycles. The van der Waals surface area contributed by atoms with Gasteiger partial charge in [0, 0.05) is 18.2 Å². The van der Waals surface area contributed by atoms with E-state index in [1.54, 1.807) is 29.7 Å². The number of halogens is 1. The first kappa shape index (κ1) is 19.4. The molecule has 28 heavy (non-hydrogen) atoms. The Morgan fingerprint density at radius 3 is 2.57 bits per heavy atom. The van der Waals surface area contributed by atoms with Crippen molar-refractivity contribution in [2.75, 3.05) is 17.7 Å². The van der Waals surface area contributed by atoms with Gasteiger partial charge in [0.2, 0.25) is 5.91 Å². The van der Waals surface area contributed by atoms with E-state index in [-0.39, 0.29) is 23.9 Å². The van der Waals surface area contributed by atoms with Crippen molar-refractivity contribution in [2.24, 2.45) is 0 Å². The smallest absolute Gasteiger partial charge is 0.357 e. The van der Waals surface area contributed by atoms with Crippen molar-refractivity contribution in [2.45, 2.75) is 13.8 Å². The molecule has 1 amide bonds. The zero-order chi connectivity index (χ0) is 20.3. The highest BCUT2D eigenvalue weighted by molar-refractivity contribution is 6.30. The number of anilines is 2. The van der Waals surface area contributed by atoms with Crippen LogP contribution in [0.4, 0.5) is 11.5 Å². The number of nitrogens with zero attached hydrogens (tertiary/aromatic N) is 2. The Morgan fingerprint density at radius 1 is 1.21 bits per heavy atom. The van der Waals surface area contributed by atoms with Crippen LogP contribution in [0.25, 0.3) is 16.9 Å². The highest BCUT2D eigenvalue weighted by Crippen LogP contribution is 2.29. The Balaban J connectivity index is 1.96. The number of ether oxygens (including phenoxy) is 1. The molecule has 0 aliphatic heterocycles. The van der Waals surface area contributed by atoms with Crippen LogP contribution in [-0.2, 0) is 9.53 Å². The van der Waals surface area contributed by atoms with Crippen LogP contribution in [0, 0.1) is 0 Å². The fourth-order valence-corrected chi connectivity index (χ4v) is 3.08. The number of benzene rings is 1. The van der Waals surface area contributed by atoms with Gasteiger partial charge in [0.15, 0.2) is 5.69 Å². The molecule has 0 aliphatic carbocycles. The maximum atomic E-state index is 12.3. The van der Waals surface area contributed by atoms with Gasteiger partial charge in [-0.3, -0.25) is 9.36 Å². The predicted octanol–water partition coefficient (Wildman–Crippen LogP) is 3.91. The number of hydrogen-bond acceptors (Lipinski definition) is 5. The van der Waals surface area contributed by atoms with Gasteiger partial charge in [-0.05, 0) is 37.3 Å². The van der Waals surface area contributed by atoms with Crippen LogP contribution < -0.4 is 11.1 Å². The third-order valence-electron chi connectivity index (χ3n) is 3.93. The first-order valence-corrected chi connectivity index (χ1v) is 8.97. The summed E-state index contributed by atoms with van der Waals surface area (Å²) in [5, 5.41) is 2.96. The number of carbonyl (C=O) groups is 2. The molecule has 0 radical (unpaired) electrons. The number of nitrogens with one attached hydrogen (secondary N) is 1. The maximum Gasteiger partial charge on any atom is 0.357 e. The van der Waals surface area contributed by atoms with Crippen LogP contribution in [0.3, 0.4) is 0 Å². The molecule has 2 heterocycles. The molecular formula is C20H19ClN4O3. The number of nitrogen functional groups attached to an aromatic ring is 1. The summed E-state index contributed by atoms with van der Waals surface area (Å²) in [6, 6.07) is 14.2. The monoisotopic (exact) mass is 398 g/mol. The van der Waals surface area contributed by atoms with E-state index in [1.165, 1.54) is 13.0 Å². The standard InChI is InChI=1S/C20H19ClN4O3/c1-3-28-20(27)19-15(22)11-17(21)25(19)14-9-7-13(8-10-14)16-5-4-6-18(24-16)23-12(2)26/h4-11H,3,22H2,1-2H3,(H,23,24,26). The van der Waals surface area contributed by atoms with Crippen molar-refractivity contribution in [1.82, 2.24) is 9.55 Å². The van der Waals surface area contributed by atoms with Gasteiger partial charge in [0.1, 0.15) is 11.0 Å². The molecule has 0 atom stereocenters. The molecule has 0 bridgehead atoms. The molecule has 0 aliphatic rings. The largest absolute Gasteiger partial charge is 0.461 e. The maximum absolute atomic E-state index is 12.3. The highest BCUT2D eigenvalue weighted by atomic mass is 35.5. The summed E-state index contributed by atoms with van der Waals surface area (Å²) in [5.74, 6) is -0.258. The summed E-state index contributed by atoms with van der Waals surface area (Å²) in [4.78, 5) is 27.9. The van der Waals surface area contributed by atoms with Crippen LogP contribution in [0.15, 0.2) is 48.5 Å². The zero-order valence-corrected chi connectivity index (χ0v) is 16.2. The SMILES string of the molecule is CCOC(=O)c1c(N)cc(Cl)n1-c1ccc(-c2cccc(NC(C)=O)n2)cc1. The second kappa shape index (κ2) is 8.14. The minimum Gasteiger partial charge on any atom is -0.461 e. The molecule has 3 N–H and O–H groups in total. The van der Waals surface area contributed by atoms with E-state index >= 15 is 0 Å². The number of aromatic nitrogens is 2. The molecule has 8 heteroatoms. The first-order chi connectivity index (χ1) is 13.4. The fraction of sp³-hybridized carbons (Fsp3) is 0.150. The number of nitrogens with two attached hydrogens (primary N) is 1. The third-order valence-corrected chi connectivity index (χ3v) is 4.21. The Morgan fingerprint density at radius 2 is 1.93 bits per heavy atom. The van der Waals surface area contributed by atoms with Crippen LogP contribution in [0.2, 0.25) is 5.15 Å². The summed E-state index contributed by atoms with van der Waals surface area (Å²) in [5.41, 5.74) is 8.56. The average molecular weight is 399 g/mol. The Bertz CT molecular complexity index is 1030. The molecular weight excluding hydrogens is 380 g/mol. The number of amides is 1. The summed E-state index contributed by atoms with van der Waals surface area (Å²) in [7, 11) is 0. The van der Waals surface area contributed by atoms with E-state index in [9.17, 15) is 9.59 Å². The summed E-state index contributed by atoms with van der Waals surface area (Å²) in [6.07, 6.45) is 0. The Kier molecular flexibility index (Phi) is 5.65. The highest BCUT2D eigenvalue weighted by Gasteiger charge is 2.21. The number of rotatable bonds is 5. The van der Waals surface area contributed by atoms with E-state index in [4.69, 9.17) is 22.1 Å². The molecule has 2 aromatic heterocycles. The molecule has 0 saturated carbocycles. The Hall–Kier alpha value is -3.32. The minimum atomic E-state index is -0.541. The van der Waals surface area contributed by atoms with Gasteiger partial charge < -0.3 is 15.8 Å². The first-order valence-electron chi connectivity index (χ1n) is 8.60. The molecule has 1 aromatic carbocycles. The lowest BCUT2D eigenvalue weighted by atomic mass is 10.1. The van der Waals surface area contributed by atoms with Gasteiger partial charge in [-0.2, -0.15) is 0 Å². The van der Waals surface area contributed by atoms with Crippen molar-refractivity contribution in [3.8, 4) is 16.9 Å². The van der Waals surface area contributed by atoms with E-state index in [2.05, 4.69) is 10.3 Å². The van der Waals surface area contributed by atoms with Gasteiger partial charge in [0.05, 0.1) is 18.0 Å². The summed E-state index contributed by atoms with van der Waals surface area (Å²) < 4.78 is 6.62. The fourth-order valence-electron chi connectivity index (χ4n) is 2.78. The molecule has 3 aromatic rings. The number of carbonyl (C=O) groups excluding carboxylic acids is 2. The average Bonchev–Trinajstić information content (AvgIpc) is 2.95. The van der Waals surface area contributed by atoms with Crippen LogP contribution in [-0.4, -0.2) is 28.0 Å². The summed E-state index contributed by atoms with van der Waals surface area (Å²) >= 11 is 6.28. The number of pyridine rings is 1. The summed E-state index contributed by atoms with van der Waals surface area (Å²) in [6.45, 7) is 3.38. The van der Waals surface area contributed by atoms with E-state index in [0.29, 0.717) is 22.4 Å². The molecule has 0 unspecified atom stereocenters. The molecule has 144 valence electrons. The van der Waals surface area contributed by atoms with E-state index in [0.717, 1.165) is 5.56 Å². The van der Waals surface area contributed by atoms with Gasteiger partial charge in [0.25, 0.3) is 0 Å². The van der Waals surface area contributed by atoms with Gasteiger partial charge >= 0.3 is 5.97 Å². The minimum absolute atomic E-state index is 0.186. The quantitative estimate of drug-likeness (QED) is 0.635. The van der Waals surface area contributed by atoms with Gasteiger partial charge in [-0.1, -0.05) is 29.8 Å². The van der Waals surface area contributed by atoms with Crippen molar-refractivity contribution in [1.29, 1.82) is 0 Å². The van der Waals surface area contributed by atoms with Gasteiger partial charge in [-0.25, -0.2) is 9.78 Å². The van der Waals surface area contributed by atoms with Crippen molar-refractivity contribution in [3.05, 3.63) is 59.4 Å². The normalized spacial score (nSPS) is 10.5. The molecule has 0 fully saturated rings. The van der Waals surface area contributed by atoms with E-state index in [1.807, 2.05) is 24.3 Å². The number of esters is 1. The topological polar surface area (TPSA) is 99.2 Å². The molecule has 7 nitrogen and oxygen atoms in total. The van der Waals surface area contributed by atoms with Crippen molar-refractivity contribution in [3.63, 3.8) is 0 Å². The Labute approximate surface area is 167 Å². The van der Waals surface area contributed by atoms with E-state index < -0.39 is 5.97 Å². The molecule has 3 rings (SSSR count). The molecule has 0 spiro atoms. The lowest BCUT2D eigenvalue weighted by molar-refractivity contribution is -0.114. The van der Waals surface area contributed by atoms with Gasteiger partial charge in [-0.15, -0.1) is 0 Å². The third kappa shape index (κ3) is 3.99. The lowest BCUT2D eigenvalue weighted by Crippen LogP contribution is -2.13. The second-order valence-electron chi connectivity index (χ2n) is 5.96. The predicted molar refractivity (Wildman–Crippen MR) is 109 cm³/mol. The van der Waals surface area contributed by atoms with Crippen molar-refractivity contribution < 1.29 is 14.3 Å². The van der Waals surface area contributed by atoms with Crippen LogP contribution in [0.1, 0.15) is 24.3 Å². The zero-order valence-electron chi connectivity index (χ0n) is 15.4.